The fourth-order valence-electron chi connectivity index (χ4n) is 4.86. The molecule has 0 spiro atoms. The fourth-order valence-corrected chi connectivity index (χ4v) is 8.47. The highest BCUT2D eigenvalue weighted by Gasteiger charge is 2.39. The number of aryl methyl sites for hydroxylation is 2. The Kier molecular flexibility index (Phi) is 7.04. The lowest BCUT2D eigenvalue weighted by Gasteiger charge is -2.37. The molecule has 3 nitrogen and oxygen atoms in total. The lowest BCUT2D eigenvalue weighted by Crippen LogP contribution is -2.27. The minimum absolute atomic E-state index is 0.302. The van der Waals surface area contributed by atoms with E-state index in [-0.39, 0.29) is 5.16 Å². The summed E-state index contributed by atoms with van der Waals surface area (Å²) in [7, 11) is -2.68. The second kappa shape index (κ2) is 9.98. The predicted octanol–water partition coefficient (Wildman–Crippen LogP) is 10.5. The molecule has 1 atom stereocenters. The summed E-state index contributed by atoms with van der Waals surface area (Å²) in [5, 5.41) is 3.97. The Morgan fingerprint density at radius 1 is 0.892 bits per heavy atom. The monoisotopic (exact) mass is 592 g/mol. The summed E-state index contributed by atoms with van der Waals surface area (Å²) in [5.74, 6) is 0.788. The van der Waals surface area contributed by atoms with E-state index in [4.69, 9.17) is 20.9 Å². The molecular formula is C31H31BrClN2OP. The second-order valence-electron chi connectivity index (χ2n) is 10.3. The van der Waals surface area contributed by atoms with Crippen molar-refractivity contribution in [3.05, 3.63) is 100.0 Å². The van der Waals surface area contributed by atoms with Gasteiger partial charge in [-0.2, -0.15) is 0 Å². The summed E-state index contributed by atoms with van der Waals surface area (Å²) in [6.45, 7) is 11.8. The molecule has 0 aliphatic rings. The average molecular weight is 594 g/mol. The standard InChI is InChI=1S/C31H31BrClN2OP/c1-6-35-29-13-8-7-12-26(29)27-20-25(16-17-30(27)35)37(31(3,4)5,36-24-11-9-10-22(32)18-24)34-23-15-14-21(2)28(33)19-23/h7-20H,6H2,1-5H3/t37-/m0/s1. The molecule has 37 heavy (non-hydrogen) atoms. The molecule has 0 radical (unpaired) electrons. The molecule has 5 rings (SSSR count). The van der Waals surface area contributed by atoms with Crippen molar-refractivity contribution < 1.29 is 4.52 Å². The van der Waals surface area contributed by atoms with Crippen LogP contribution in [0, 0.1) is 6.92 Å². The molecule has 0 saturated carbocycles. The van der Waals surface area contributed by atoms with Crippen molar-refractivity contribution in [1.29, 1.82) is 0 Å². The first kappa shape index (κ1) is 26.1. The minimum Gasteiger partial charge on any atom is -0.455 e. The predicted molar refractivity (Wildman–Crippen MR) is 164 cm³/mol. The zero-order chi connectivity index (χ0) is 26.4. The average Bonchev–Trinajstić information content (AvgIpc) is 3.18. The van der Waals surface area contributed by atoms with Crippen molar-refractivity contribution in [3.63, 3.8) is 0 Å². The topological polar surface area (TPSA) is 26.5 Å². The second-order valence-corrected chi connectivity index (χ2v) is 15.0. The van der Waals surface area contributed by atoms with E-state index in [9.17, 15) is 0 Å². The van der Waals surface area contributed by atoms with Gasteiger partial charge in [0.2, 0.25) is 0 Å². The molecule has 6 heteroatoms. The molecule has 5 aromatic rings. The van der Waals surface area contributed by atoms with Crippen LogP contribution in [0.2, 0.25) is 5.02 Å². The van der Waals surface area contributed by atoms with E-state index in [1.54, 1.807) is 0 Å². The maximum Gasteiger partial charge on any atom is 0.173 e. The van der Waals surface area contributed by atoms with Gasteiger partial charge in [-0.05, 0) is 74.0 Å². The zero-order valence-electron chi connectivity index (χ0n) is 21.8. The molecule has 190 valence electrons. The maximum absolute atomic E-state index is 7.07. The van der Waals surface area contributed by atoms with Crippen LogP contribution in [0.1, 0.15) is 33.3 Å². The van der Waals surface area contributed by atoms with Crippen LogP contribution in [0.5, 0.6) is 5.75 Å². The highest BCUT2D eigenvalue weighted by molar-refractivity contribution is 9.10. The first-order valence-corrected chi connectivity index (χ1v) is 15.3. The first-order chi connectivity index (χ1) is 17.6. The summed E-state index contributed by atoms with van der Waals surface area (Å²) in [6.07, 6.45) is 0. The molecule has 4 aromatic carbocycles. The molecule has 0 bridgehead atoms. The number of nitrogens with zero attached hydrogens (tertiary/aromatic N) is 2. The number of rotatable bonds is 5. The molecule has 1 heterocycles. The molecule has 0 N–H and O–H groups in total. The van der Waals surface area contributed by atoms with Crippen molar-refractivity contribution in [1.82, 2.24) is 4.57 Å². The molecule has 0 aliphatic heterocycles. The van der Waals surface area contributed by atoms with Crippen LogP contribution in [0.15, 0.2) is 94.1 Å². The summed E-state index contributed by atoms with van der Waals surface area (Å²) in [6, 6.07) is 29.4. The largest absolute Gasteiger partial charge is 0.455 e. The molecule has 0 amide bonds. The van der Waals surface area contributed by atoms with E-state index in [0.29, 0.717) is 5.02 Å². The van der Waals surface area contributed by atoms with Gasteiger partial charge in [-0.15, -0.1) is 0 Å². The fraction of sp³-hybridized carbons (Fsp3) is 0.226. The van der Waals surface area contributed by atoms with Crippen molar-refractivity contribution >= 4 is 67.6 Å². The van der Waals surface area contributed by atoms with Crippen LogP contribution in [0.25, 0.3) is 21.8 Å². The number of benzene rings is 4. The lowest BCUT2D eigenvalue weighted by atomic mass is 10.1. The van der Waals surface area contributed by atoms with Crippen molar-refractivity contribution in [2.75, 3.05) is 0 Å². The third-order valence-electron chi connectivity index (χ3n) is 6.78. The number of aromatic nitrogens is 1. The smallest absolute Gasteiger partial charge is 0.173 e. The Labute approximate surface area is 232 Å². The van der Waals surface area contributed by atoms with Gasteiger partial charge in [-0.1, -0.05) is 78.6 Å². The quantitative estimate of drug-likeness (QED) is 0.186. The van der Waals surface area contributed by atoms with Crippen molar-refractivity contribution in [2.24, 2.45) is 4.74 Å². The Morgan fingerprint density at radius 3 is 2.35 bits per heavy atom. The minimum atomic E-state index is -2.68. The number of hydrogen-bond acceptors (Lipinski definition) is 2. The third-order valence-corrected chi connectivity index (χ3v) is 11.5. The van der Waals surface area contributed by atoms with Crippen molar-refractivity contribution in [2.45, 2.75) is 46.3 Å². The van der Waals surface area contributed by atoms with Gasteiger partial charge in [0.25, 0.3) is 0 Å². The van der Waals surface area contributed by atoms with Crippen LogP contribution < -0.4 is 9.83 Å². The van der Waals surface area contributed by atoms with E-state index < -0.39 is 7.28 Å². The van der Waals surface area contributed by atoms with Gasteiger partial charge in [-0.25, -0.2) is 4.74 Å². The molecule has 1 aromatic heterocycles. The van der Waals surface area contributed by atoms with Crippen LogP contribution in [0.3, 0.4) is 0 Å². The Morgan fingerprint density at radius 2 is 1.65 bits per heavy atom. The van der Waals surface area contributed by atoms with Crippen LogP contribution in [-0.2, 0) is 6.54 Å². The number of para-hydroxylation sites is 1. The van der Waals surface area contributed by atoms with E-state index in [1.807, 2.05) is 49.4 Å². The van der Waals surface area contributed by atoms with Gasteiger partial charge < -0.3 is 9.09 Å². The van der Waals surface area contributed by atoms with Gasteiger partial charge >= 0.3 is 0 Å². The van der Waals surface area contributed by atoms with Gasteiger partial charge in [0, 0.05) is 48.3 Å². The summed E-state index contributed by atoms with van der Waals surface area (Å²) in [4.78, 5) is 0. The van der Waals surface area contributed by atoms with E-state index in [2.05, 4.69) is 90.7 Å². The third kappa shape index (κ3) is 4.76. The zero-order valence-corrected chi connectivity index (χ0v) is 25.0. The van der Waals surface area contributed by atoms with Gasteiger partial charge in [0.05, 0.1) is 5.69 Å². The normalized spacial score (nSPS) is 13.6. The van der Waals surface area contributed by atoms with Gasteiger partial charge in [-0.3, -0.25) is 0 Å². The Balaban J connectivity index is 1.86. The summed E-state index contributed by atoms with van der Waals surface area (Å²) < 4.78 is 15.9. The molecule has 0 fully saturated rings. The van der Waals surface area contributed by atoms with Crippen LogP contribution in [0.4, 0.5) is 5.69 Å². The summed E-state index contributed by atoms with van der Waals surface area (Å²) in [5.41, 5.74) is 4.32. The Hall–Kier alpha value is -2.52. The van der Waals surface area contributed by atoms with E-state index in [1.165, 1.54) is 21.8 Å². The van der Waals surface area contributed by atoms with Crippen LogP contribution >= 0.6 is 34.8 Å². The highest BCUT2D eigenvalue weighted by atomic mass is 79.9. The number of hydrogen-bond donors (Lipinski definition) is 0. The number of halogens is 2. The first-order valence-electron chi connectivity index (χ1n) is 12.5. The van der Waals surface area contributed by atoms with Gasteiger partial charge in [0.15, 0.2) is 7.28 Å². The summed E-state index contributed by atoms with van der Waals surface area (Å²) >= 11 is 10.2. The molecular weight excluding hydrogens is 563 g/mol. The number of fused-ring (bicyclic) bond motifs is 3. The lowest BCUT2D eigenvalue weighted by molar-refractivity contribution is 0.571. The molecule has 0 saturated heterocycles. The molecule has 0 unspecified atom stereocenters. The Bertz CT molecular complexity index is 1680. The van der Waals surface area contributed by atoms with E-state index >= 15 is 0 Å². The van der Waals surface area contributed by atoms with Crippen molar-refractivity contribution in [3.8, 4) is 5.75 Å². The van der Waals surface area contributed by atoms with Gasteiger partial charge in [0.1, 0.15) is 5.75 Å². The molecule has 0 aliphatic carbocycles. The van der Waals surface area contributed by atoms with Crippen LogP contribution in [-0.4, -0.2) is 9.72 Å². The van der Waals surface area contributed by atoms with E-state index in [0.717, 1.165) is 33.3 Å². The SMILES string of the molecule is CCn1c2ccccc2c2cc([P@](=Nc3ccc(C)c(Cl)c3)(Oc3cccc(Br)c3)C(C)(C)C)ccc21. The maximum atomic E-state index is 7.07. The highest BCUT2D eigenvalue weighted by Crippen LogP contribution is 2.62.